The predicted molar refractivity (Wildman–Crippen MR) is 87.5 cm³/mol. The molecule has 0 unspecified atom stereocenters. The van der Waals surface area contributed by atoms with Crippen LogP contribution in [0.25, 0.3) is 0 Å². The van der Waals surface area contributed by atoms with Crippen LogP contribution in [0.2, 0.25) is 0 Å². The van der Waals surface area contributed by atoms with Crippen LogP contribution in [-0.4, -0.2) is 23.2 Å². The minimum absolute atomic E-state index is 0.132. The smallest absolute Gasteiger partial charge is 0.399 e. The lowest BCUT2D eigenvalue weighted by atomic mass is 9.75. The monoisotopic (exact) mass is 305 g/mol. The summed E-state index contributed by atoms with van der Waals surface area (Å²) in [5.74, 6) is 0. The minimum atomic E-state index is -0.507. The molecule has 6 heteroatoms. The van der Waals surface area contributed by atoms with Gasteiger partial charge in [0.15, 0.2) is 0 Å². The molecule has 1 aliphatic heterocycles. The van der Waals surface area contributed by atoms with E-state index in [2.05, 4.69) is 0 Å². The highest BCUT2D eigenvalue weighted by atomic mass is 16.7. The van der Waals surface area contributed by atoms with Gasteiger partial charge in [-0.15, -0.1) is 0 Å². The molecule has 1 aliphatic rings. The summed E-state index contributed by atoms with van der Waals surface area (Å²) in [5.41, 5.74) is 0.441. The van der Waals surface area contributed by atoms with Crippen LogP contribution in [0.1, 0.15) is 54.0 Å². The van der Waals surface area contributed by atoms with E-state index >= 15 is 0 Å². The SMILES string of the molecule is CC(C)(C)c1cc(B2OC(C)(C)C(C)(C)O2)ccc1[N+](=O)[O-]. The molecule has 1 fully saturated rings. The first-order chi connectivity index (χ1) is 9.85. The van der Waals surface area contributed by atoms with Crippen LogP contribution < -0.4 is 5.46 Å². The predicted octanol–water partition coefficient (Wildman–Crippen LogP) is 3.19. The molecule has 0 amide bonds. The fourth-order valence-electron chi connectivity index (χ4n) is 2.44. The lowest BCUT2D eigenvalue weighted by Gasteiger charge is -2.32. The van der Waals surface area contributed by atoms with Crippen molar-refractivity contribution < 1.29 is 14.2 Å². The number of hydrogen-bond donors (Lipinski definition) is 0. The second-order valence-corrected chi connectivity index (χ2v) is 7.87. The maximum absolute atomic E-state index is 11.3. The normalized spacial score (nSPS) is 20.2. The summed E-state index contributed by atoms with van der Waals surface area (Å²) in [6, 6.07) is 5.09. The van der Waals surface area contributed by atoms with Gasteiger partial charge in [0, 0.05) is 11.6 Å². The van der Waals surface area contributed by atoms with E-state index in [-0.39, 0.29) is 16.0 Å². The molecule has 0 saturated carbocycles. The number of benzene rings is 1. The van der Waals surface area contributed by atoms with Crippen molar-refractivity contribution >= 4 is 18.3 Å². The first kappa shape index (κ1) is 17.0. The zero-order valence-electron chi connectivity index (χ0n) is 14.4. The second-order valence-electron chi connectivity index (χ2n) is 7.87. The van der Waals surface area contributed by atoms with Gasteiger partial charge in [0.05, 0.1) is 16.1 Å². The summed E-state index contributed by atoms with van der Waals surface area (Å²) in [6.07, 6.45) is 0. The first-order valence-electron chi connectivity index (χ1n) is 7.50. The fraction of sp³-hybridized carbons (Fsp3) is 0.625. The van der Waals surface area contributed by atoms with Gasteiger partial charge in [-0.25, -0.2) is 0 Å². The van der Waals surface area contributed by atoms with Crippen LogP contribution in [-0.2, 0) is 14.7 Å². The summed E-state index contributed by atoms with van der Waals surface area (Å²) in [7, 11) is -0.507. The molecule has 22 heavy (non-hydrogen) atoms. The van der Waals surface area contributed by atoms with Gasteiger partial charge in [0.1, 0.15) is 0 Å². The van der Waals surface area contributed by atoms with E-state index in [0.29, 0.717) is 5.56 Å². The van der Waals surface area contributed by atoms with Crippen LogP contribution in [0.4, 0.5) is 5.69 Å². The van der Waals surface area contributed by atoms with Crippen molar-refractivity contribution in [3.05, 3.63) is 33.9 Å². The van der Waals surface area contributed by atoms with Gasteiger partial charge in [-0.1, -0.05) is 32.9 Å². The van der Waals surface area contributed by atoms with Crippen molar-refractivity contribution in [1.29, 1.82) is 0 Å². The molecule has 1 heterocycles. The molecule has 0 spiro atoms. The molecular formula is C16H24BNO4. The zero-order chi connectivity index (χ0) is 16.9. The number of nitro benzene ring substituents is 1. The van der Waals surface area contributed by atoms with Gasteiger partial charge in [-0.2, -0.15) is 0 Å². The van der Waals surface area contributed by atoms with Gasteiger partial charge in [0.2, 0.25) is 0 Å². The number of nitrogens with zero attached hydrogens (tertiary/aromatic N) is 1. The van der Waals surface area contributed by atoms with Crippen molar-refractivity contribution in [3.63, 3.8) is 0 Å². The number of nitro groups is 1. The molecular weight excluding hydrogens is 281 g/mol. The van der Waals surface area contributed by atoms with Crippen molar-refractivity contribution in [2.45, 2.75) is 65.1 Å². The van der Waals surface area contributed by atoms with Crippen molar-refractivity contribution in [2.75, 3.05) is 0 Å². The largest absolute Gasteiger partial charge is 0.494 e. The molecule has 0 aliphatic carbocycles. The maximum Gasteiger partial charge on any atom is 0.494 e. The third-order valence-corrected chi connectivity index (χ3v) is 4.55. The van der Waals surface area contributed by atoms with E-state index < -0.39 is 18.3 Å². The molecule has 1 aromatic carbocycles. The van der Waals surface area contributed by atoms with Crippen LogP contribution in [0.15, 0.2) is 18.2 Å². The molecule has 0 aromatic heterocycles. The molecule has 0 atom stereocenters. The quantitative estimate of drug-likeness (QED) is 0.478. The molecule has 120 valence electrons. The second kappa shape index (κ2) is 5.06. The first-order valence-corrected chi connectivity index (χ1v) is 7.50. The minimum Gasteiger partial charge on any atom is -0.399 e. The topological polar surface area (TPSA) is 61.6 Å². The van der Waals surface area contributed by atoms with Crippen LogP contribution in [0.3, 0.4) is 0 Å². The standard InChI is InChI=1S/C16H24BNO4/c1-14(2,3)12-10-11(8-9-13(12)18(19)20)17-21-15(4,5)16(6,7)22-17/h8-10H,1-7H3. The van der Waals surface area contributed by atoms with E-state index in [9.17, 15) is 10.1 Å². The van der Waals surface area contributed by atoms with Crippen LogP contribution in [0.5, 0.6) is 0 Å². The van der Waals surface area contributed by atoms with E-state index in [4.69, 9.17) is 9.31 Å². The summed E-state index contributed by atoms with van der Waals surface area (Å²) < 4.78 is 12.1. The fourth-order valence-corrected chi connectivity index (χ4v) is 2.44. The lowest BCUT2D eigenvalue weighted by molar-refractivity contribution is -0.386. The number of hydrogen-bond acceptors (Lipinski definition) is 4. The van der Waals surface area contributed by atoms with Crippen LogP contribution in [0, 0.1) is 10.1 Å². The highest BCUT2D eigenvalue weighted by Gasteiger charge is 2.52. The maximum atomic E-state index is 11.3. The zero-order valence-corrected chi connectivity index (χ0v) is 14.4. The van der Waals surface area contributed by atoms with Crippen molar-refractivity contribution in [2.24, 2.45) is 0 Å². The Morgan fingerprint density at radius 1 is 1.09 bits per heavy atom. The summed E-state index contributed by atoms with van der Waals surface area (Å²) in [4.78, 5) is 10.9. The molecule has 0 N–H and O–H groups in total. The average Bonchev–Trinajstić information content (AvgIpc) is 2.56. The third kappa shape index (κ3) is 2.90. The molecule has 5 nitrogen and oxygen atoms in total. The third-order valence-electron chi connectivity index (χ3n) is 4.55. The summed E-state index contributed by atoms with van der Waals surface area (Å²) in [5, 5.41) is 11.3. The number of rotatable bonds is 2. The Hall–Kier alpha value is -1.40. The Bertz CT molecular complexity index is 589. The molecule has 0 radical (unpaired) electrons. The summed E-state index contributed by atoms with van der Waals surface area (Å²) in [6.45, 7) is 13.8. The van der Waals surface area contributed by atoms with E-state index in [1.165, 1.54) is 0 Å². The lowest BCUT2D eigenvalue weighted by Crippen LogP contribution is -2.41. The Labute approximate surface area is 132 Å². The highest BCUT2D eigenvalue weighted by Crippen LogP contribution is 2.37. The average molecular weight is 305 g/mol. The Kier molecular flexibility index (Phi) is 3.91. The molecule has 1 saturated heterocycles. The molecule has 0 bridgehead atoms. The van der Waals surface area contributed by atoms with Gasteiger partial charge in [-0.05, 0) is 38.6 Å². The van der Waals surface area contributed by atoms with Crippen molar-refractivity contribution in [1.82, 2.24) is 0 Å². The van der Waals surface area contributed by atoms with Crippen LogP contribution >= 0.6 is 0 Å². The van der Waals surface area contributed by atoms with Gasteiger partial charge < -0.3 is 9.31 Å². The molecule has 1 aromatic rings. The van der Waals surface area contributed by atoms with Crippen molar-refractivity contribution in [3.8, 4) is 0 Å². The molecule has 2 rings (SSSR count). The summed E-state index contributed by atoms with van der Waals surface area (Å²) >= 11 is 0. The van der Waals surface area contributed by atoms with E-state index in [1.807, 2.05) is 54.5 Å². The van der Waals surface area contributed by atoms with E-state index in [0.717, 1.165) is 5.46 Å². The van der Waals surface area contributed by atoms with Gasteiger partial charge in [0.25, 0.3) is 5.69 Å². The van der Waals surface area contributed by atoms with Gasteiger partial charge >= 0.3 is 7.12 Å². The van der Waals surface area contributed by atoms with E-state index in [1.54, 1.807) is 12.1 Å². The Balaban J connectivity index is 2.45. The Morgan fingerprint density at radius 2 is 1.59 bits per heavy atom. The highest BCUT2D eigenvalue weighted by molar-refractivity contribution is 6.62. The Morgan fingerprint density at radius 3 is 2.00 bits per heavy atom. The van der Waals surface area contributed by atoms with Gasteiger partial charge in [-0.3, -0.25) is 10.1 Å².